The smallest absolute Gasteiger partial charge is 0.161 e. The van der Waals surface area contributed by atoms with Crippen molar-refractivity contribution in [2.45, 2.75) is 43.5 Å². The fourth-order valence-electron chi connectivity index (χ4n) is 4.80. The third-order valence-corrected chi connectivity index (χ3v) is 6.81. The molecule has 0 unspecified atom stereocenters. The summed E-state index contributed by atoms with van der Waals surface area (Å²) in [5.41, 5.74) is 1.24. The molecule has 2 aromatic carbocycles. The van der Waals surface area contributed by atoms with Crippen molar-refractivity contribution in [2.75, 3.05) is 32.8 Å². The van der Waals surface area contributed by atoms with Crippen LogP contribution in [0, 0.1) is 0 Å². The Bertz CT molecular complexity index is 944. The second-order valence-electron chi connectivity index (χ2n) is 8.76. The van der Waals surface area contributed by atoms with Crippen molar-refractivity contribution in [3.8, 4) is 17.2 Å². The Morgan fingerprint density at radius 3 is 2.58 bits per heavy atom. The van der Waals surface area contributed by atoms with Crippen LogP contribution in [0.2, 0.25) is 5.02 Å². The maximum Gasteiger partial charge on any atom is 0.161 e. The summed E-state index contributed by atoms with van der Waals surface area (Å²) in [5.74, 6) is 2.17. The van der Waals surface area contributed by atoms with E-state index in [4.69, 9.17) is 25.8 Å². The van der Waals surface area contributed by atoms with Crippen molar-refractivity contribution in [1.29, 1.82) is 0 Å². The summed E-state index contributed by atoms with van der Waals surface area (Å²) in [6, 6.07) is 11.1. The van der Waals surface area contributed by atoms with E-state index >= 15 is 0 Å². The van der Waals surface area contributed by atoms with Gasteiger partial charge in [0.05, 0.1) is 25.4 Å². The molecule has 0 bridgehead atoms. The predicted molar refractivity (Wildman–Crippen MR) is 117 cm³/mol. The Balaban J connectivity index is 1.21. The van der Waals surface area contributed by atoms with Crippen LogP contribution >= 0.6 is 11.6 Å². The summed E-state index contributed by atoms with van der Waals surface area (Å²) >= 11 is 6.07. The van der Waals surface area contributed by atoms with Gasteiger partial charge in [-0.2, -0.15) is 0 Å². The standard InChI is InChI=1S/C24H28ClNO5/c25-17-3-5-21-18(13-17)19(27)14-24(31-21)6-8-26(9-7-24)15-20(28)16-2-4-22-23(12-16)30-11-1-10-29-22/h2-5,12-13,19-20,27-28H,1,6-11,14-15H2/t19-,20+/m1/s1. The molecular weight excluding hydrogens is 418 g/mol. The fraction of sp³-hybridized carbons (Fsp3) is 0.500. The van der Waals surface area contributed by atoms with Crippen LogP contribution in [0.1, 0.15) is 49.0 Å². The van der Waals surface area contributed by atoms with E-state index in [1.54, 1.807) is 12.1 Å². The lowest BCUT2D eigenvalue weighted by atomic mass is 9.81. The monoisotopic (exact) mass is 445 g/mol. The highest BCUT2D eigenvalue weighted by Gasteiger charge is 2.43. The van der Waals surface area contributed by atoms with Gasteiger partial charge in [0, 0.05) is 43.1 Å². The van der Waals surface area contributed by atoms with Crippen LogP contribution in [-0.2, 0) is 0 Å². The van der Waals surface area contributed by atoms with Crippen molar-refractivity contribution in [2.24, 2.45) is 0 Å². The molecule has 2 N–H and O–H groups in total. The summed E-state index contributed by atoms with van der Waals surface area (Å²) in [4.78, 5) is 2.26. The van der Waals surface area contributed by atoms with Gasteiger partial charge < -0.3 is 29.3 Å². The van der Waals surface area contributed by atoms with E-state index in [1.165, 1.54) is 0 Å². The van der Waals surface area contributed by atoms with Crippen LogP contribution in [0.3, 0.4) is 0 Å². The van der Waals surface area contributed by atoms with Crippen molar-refractivity contribution < 1.29 is 24.4 Å². The first-order valence-corrected chi connectivity index (χ1v) is 11.4. The van der Waals surface area contributed by atoms with Crippen LogP contribution in [-0.4, -0.2) is 53.6 Å². The molecular formula is C24H28ClNO5. The minimum Gasteiger partial charge on any atom is -0.490 e. The molecule has 1 saturated heterocycles. The van der Waals surface area contributed by atoms with Crippen LogP contribution in [0.4, 0.5) is 0 Å². The quantitative estimate of drug-likeness (QED) is 0.747. The van der Waals surface area contributed by atoms with Gasteiger partial charge in [-0.3, -0.25) is 0 Å². The first-order chi connectivity index (χ1) is 15.0. The average Bonchev–Trinajstić information content (AvgIpc) is 3.01. The molecule has 0 saturated carbocycles. The Labute approximate surface area is 187 Å². The number of likely N-dealkylation sites (tertiary alicyclic amines) is 1. The number of benzene rings is 2. The van der Waals surface area contributed by atoms with Crippen molar-refractivity contribution in [1.82, 2.24) is 4.90 Å². The highest BCUT2D eigenvalue weighted by Crippen LogP contribution is 2.45. The molecule has 2 atom stereocenters. The summed E-state index contributed by atoms with van der Waals surface area (Å²) in [7, 11) is 0. The summed E-state index contributed by atoms with van der Waals surface area (Å²) < 4.78 is 17.8. The SMILES string of the molecule is O[C@@H]1CC2(CCN(C[C@H](O)c3ccc4c(c3)OCCCO4)CC2)Oc2ccc(Cl)cc21. The first-order valence-electron chi connectivity index (χ1n) is 11.0. The number of fused-ring (bicyclic) bond motifs is 2. The Kier molecular flexibility index (Phi) is 5.73. The Hall–Kier alpha value is -1.99. The number of hydrogen-bond acceptors (Lipinski definition) is 6. The van der Waals surface area contributed by atoms with Crippen LogP contribution < -0.4 is 14.2 Å². The topological polar surface area (TPSA) is 71.4 Å². The van der Waals surface area contributed by atoms with Gasteiger partial charge in [0.1, 0.15) is 11.4 Å². The molecule has 0 aliphatic carbocycles. The van der Waals surface area contributed by atoms with Crippen LogP contribution in [0.5, 0.6) is 17.2 Å². The van der Waals surface area contributed by atoms with E-state index in [9.17, 15) is 10.2 Å². The maximum atomic E-state index is 10.8. The summed E-state index contributed by atoms with van der Waals surface area (Å²) in [5, 5.41) is 22.1. The number of halogens is 1. The number of aliphatic hydroxyl groups excluding tert-OH is 2. The number of piperidine rings is 1. The predicted octanol–water partition coefficient (Wildman–Crippen LogP) is 3.89. The Morgan fingerprint density at radius 2 is 1.77 bits per heavy atom. The number of rotatable bonds is 3. The Morgan fingerprint density at radius 1 is 1.03 bits per heavy atom. The molecule has 3 aliphatic rings. The van der Waals surface area contributed by atoms with Crippen LogP contribution in [0.15, 0.2) is 36.4 Å². The molecule has 0 aromatic heterocycles. The van der Waals surface area contributed by atoms with Crippen molar-refractivity contribution in [3.63, 3.8) is 0 Å². The molecule has 3 aliphatic heterocycles. The van der Waals surface area contributed by atoms with Gasteiger partial charge in [-0.1, -0.05) is 17.7 Å². The number of aliphatic hydroxyl groups is 2. The van der Waals surface area contributed by atoms with Crippen molar-refractivity contribution in [3.05, 3.63) is 52.5 Å². The van der Waals surface area contributed by atoms with E-state index in [2.05, 4.69) is 4.90 Å². The second-order valence-corrected chi connectivity index (χ2v) is 9.20. The molecule has 6 nitrogen and oxygen atoms in total. The molecule has 5 rings (SSSR count). The van der Waals surface area contributed by atoms with Gasteiger partial charge in [-0.15, -0.1) is 0 Å². The molecule has 0 radical (unpaired) electrons. The zero-order valence-corrected chi connectivity index (χ0v) is 18.2. The second kappa shape index (κ2) is 8.51. The van der Waals surface area contributed by atoms with E-state index < -0.39 is 12.2 Å². The first kappa shape index (κ1) is 20.9. The summed E-state index contributed by atoms with van der Waals surface area (Å²) in [6.07, 6.45) is 1.86. The van der Waals surface area contributed by atoms with Gasteiger partial charge in [0.25, 0.3) is 0 Å². The highest BCUT2D eigenvalue weighted by molar-refractivity contribution is 6.30. The number of β-amino-alcohol motifs (C(OH)–C–C–N with tert-alkyl or cyclic N) is 1. The molecule has 2 aromatic rings. The minimum atomic E-state index is -0.605. The fourth-order valence-corrected chi connectivity index (χ4v) is 4.98. The van der Waals surface area contributed by atoms with Gasteiger partial charge in [-0.05, 0) is 48.7 Å². The van der Waals surface area contributed by atoms with Gasteiger partial charge >= 0.3 is 0 Å². The lowest BCUT2D eigenvalue weighted by Crippen LogP contribution is -2.51. The van der Waals surface area contributed by atoms with Gasteiger partial charge in [0.2, 0.25) is 0 Å². The van der Waals surface area contributed by atoms with Gasteiger partial charge in [0.15, 0.2) is 11.5 Å². The lowest BCUT2D eigenvalue weighted by Gasteiger charge is -2.46. The number of hydrogen-bond donors (Lipinski definition) is 2. The molecule has 3 heterocycles. The van der Waals surface area contributed by atoms with Crippen LogP contribution in [0.25, 0.3) is 0 Å². The maximum absolute atomic E-state index is 10.8. The van der Waals surface area contributed by atoms with Crippen molar-refractivity contribution >= 4 is 11.6 Å². The van der Waals surface area contributed by atoms with E-state index in [-0.39, 0.29) is 5.60 Å². The number of ether oxygens (including phenoxy) is 3. The van der Waals surface area contributed by atoms with Gasteiger partial charge in [-0.25, -0.2) is 0 Å². The van der Waals surface area contributed by atoms with E-state index in [1.807, 2.05) is 24.3 Å². The largest absolute Gasteiger partial charge is 0.490 e. The minimum absolute atomic E-state index is 0.364. The zero-order valence-electron chi connectivity index (χ0n) is 17.4. The molecule has 0 amide bonds. The third-order valence-electron chi connectivity index (χ3n) is 6.58. The normalized spacial score (nSPS) is 23.5. The lowest BCUT2D eigenvalue weighted by molar-refractivity contribution is -0.0587. The molecule has 7 heteroatoms. The highest BCUT2D eigenvalue weighted by atomic mass is 35.5. The zero-order chi connectivity index (χ0) is 21.4. The average molecular weight is 446 g/mol. The third kappa shape index (κ3) is 4.35. The molecule has 166 valence electrons. The van der Waals surface area contributed by atoms with E-state index in [0.29, 0.717) is 37.0 Å². The van der Waals surface area contributed by atoms with E-state index in [0.717, 1.165) is 55.0 Å². The summed E-state index contributed by atoms with van der Waals surface area (Å²) in [6.45, 7) is 3.43. The molecule has 1 spiro atoms. The molecule has 1 fully saturated rings. The molecule has 31 heavy (non-hydrogen) atoms. The number of nitrogens with zero attached hydrogens (tertiary/aromatic N) is 1.